The lowest BCUT2D eigenvalue weighted by Gasteiger charge is -2.31. The highest BCUT2D eigenvalue weighted by Gasteiger charge is 2.14. The zero-order valence-corrected chi connectivity index (χ0v) is 16.8. The highest BCUT2D eigenvalue weighted by molar-refractivity contribution is 6.31. The fraction of sp³-hybridized carbons (Fsp3) is 0.381. The topological polar surface area (TPSA) is 30.9 Å². The van der Waals surface area contributed by atoms with Crippen LogP contribution in [0.25, 0.3) is 0 Å². The molecule has 0 radical (unpaired) electrons. The van der Waals surface area contributed by atoms with Crippen molar-refractivity contribution in [1.82, 2.24) is 4.90 Å². The molecule has 4 nitrogen and oxygen atoms in total. The largest absolute Gasteiger partial charge is 0.370 e. The second-order valence-corrected chi connectivity index (χ2v) is 6.62. The first kappa shape index (κ1) is 20.1. The maximum absolute atomic E-state index is 6.32. The van der Waals surface area contributed by atoms with Crippen molar-refractivity contribution in [3.8, 4) is 0 Å². The van der Waals surface area contributed by atoms with Crippen LogP contribution in [-0.2, 0) is 0 Å². The monoisotopic (exact) mass is 372 g/mol. The zero-order valence-electron chi connectivity index (χ0n) is 16.0. The molecule has 5 heteroatoms. The molecule has 0 saturated carbocycles. The van der Waals surface area contributed by atoms with Gasteiger partial charge in [-0.3, -0.25) is 5.43 Å². The number of anilines is 2. The van der Waals surface area contributed by atoms with E-state index in [2.05, 4.69) is 78.2 Å². The summed E-state index contributed by atoms with van der Waals surface area (Å²) < 4.78 is 0. The smallest absolute Gasteiger partial charge is 0.0626 e. The average molecular weight is 373 g/mol. The standard InChI is InChI=1S/C21H29ClN4/c1-5-25(19-11-9-7-8-10-12-19)13-14-26(6-2)21-16-18(22)15-20(17(21)3)24-23-4/h7-9,11-12,15-16,24H,4-6,10,13-14H2,1-3H3. The highest BCUT2D eigenvalue weighted by Crippen LogP contribution is 2.31. The lowest BCUT2D eigenvalue weighted by atomic mass is 10.1. The van der Waals surface area contributed by atoms with Gasteiger partial charge in [0.1, 0.15) is 0 Å². The van der Waals surface area contributed by atoms with Crippen LogP contribution in [0.1, 0.15) is 25.8 Å². The molecule has 0 unspecified atom stereocenters. The van der Waals surface area contributed by atoms with Crippen molar-refractivity contribution in [3.63, 3.8) is 0 Å². The third-order valence-corrected chi connectivity index (χ3v) is 4.85. The van der Waals surface area contributed by atoms with E-state index in [0.29, 0.717) is 5.02 Å². The van der Waals surface area contributed by atoms with E-state index in [0.717, 1.165) is 49.5 Å². The normalized spacial score (nSPS) is 13.2. The van der Waals surface area contributed by atoms with Crippen LogP contribution in [0.5, 0.6) is 0 Å². The lowest BCUT2D eigenvalue weighted by Crippen LogP contribution is -2.35. The minimum Gasteiger partial charge on any atom is -0.370 e. The maximum atomic E-state index is 6.32. The zero-order chi connectivity index (χ0) is 18.9. The minimum atomic E-state index is 0.697. The molecule has 1 aromatic rings. The van der Waals surface area contributed by atoms with Crippen molar-refractivity contribution >= 4 is 29.7 Å². The Morgan fingerprint density at radius 2 is 1.88 bits per heavy atom. The summed E-state index contributed by atoms with van der Waals surface area (Å²) >= 11 is 6.32. The summed E-state index contributed by atoms with van der Waals surface area (Å²) in [5, 5.41) is 4.48. The van der Waals surface area contributed by atoms with Gasteiger partial charge in [-0.2, -0.15) is 5.10 Å². The van der Waals surface area contributed by atoms with Crippen molar-refractivity contribution in [2.45, 2.75) is 27.2 Å². The molecule has 2 rings (SSSR count). The van der Waals surface area contributed by atoms with Gasteiger partial charge < -0.3 is 9.80 Å². The number of nitrogens with one attached hydrogen (secondary N) is 1. The molecule has 0 atom stereocenters. The van der Waals surface area contributed by atoms with Crippen LogP contribution >= 0.6 is 11.6 Å². The molecule has 0 aliphatic heterocycles. The van der Waals surface area contributed by atoms with Crippen molar-refractivity contribution in [3.05, 3.63) is 58.8 Å². The van der Waals surface area contributed by atoms with Gasteiger partial charge in [0.15, 0.2) is 0 Å². The van der Waals surface area contributed by atoms with Gasteiger partial charge in [-0.25, -0.2) is 0 Å². The first-order valence-corrected chi connectivity index (χ1v) is 9.53. The Hall–Kier alpha value is -2.20. The van der Waals surface area contributed by atoms with Crippen LogP contribution in [0.15, 0.2) is 53.3 Å². The van der Waals surface area contributed by atoms with Gasteiger partial charge in [0.05, 0.1) is 5.69 Å². The van der Waals surface area contributed by atoms with Crippen LogP contribution in [-0.4, -0.2) is 37.8 Å². The summed E-state index contributed by atoms with van der Waals surface area (Å²) in [5.74, 6) is 0. The quantitative estimate of drug-likeness (QED) is 0.476. The molecular weight excluding hydrogens is 344 g/mol. The molecule has 0 heterocycles. The Morgan fingerprint density at radius 3 is 2.58 bits per heavy atom. The van der Waals surface area contributed by atoms with E-state index in [1.165, 1.54) is 5.70 Å². The highest BCUT2D eigenvalue weighted by atomic mass is 35.5. The molecule has 0 fully saturated rings. The summed E-state index contributed by atoms with van der Waals surface area (Å²) in [6, 6.07) is 3.91. The molecule has 26 heavy (non-hydrogen) atoms. The molecular formula is C21H29ClN4. The summed E-state index contributed by atoms with van der Waals surface area (Å²) in [7, 11) is 0. The SMILES string of the molecule is C=NNc1cc(Cl)cc(N(CC)CCN(CC)C2=CCC=CC=C2)c1C. The van der Waals surface area contributed by atoms with Crippen molar-refractivity contribution in [2.75, 3.05) is 36.5 Å². The number of halogens is 1. The first-order chi connectivity index (χ1) is 12.6. The van der Waals surface area contributed by atoms with Crippen LogP contribution in [0, 0.1) is 6.92 Å². The predicted octanol–water partition coefficient (Wildman–Crippen LogP) is 5.22. The van der Waals surface area contributed by atoms with Crippen molar-refractivity contribution in [2.24, 2.45) is 5.10 Å². The van der Waals surface area contributed by atoms with E-state index >= 15 is 0 Å². The molecule has 1 aliphatic carbocycles. The molecule has 0 bridgehead atoms. The third kappa shape index (κ3) is 5.15. The number of rotatable bonds is 9. The summed E-state index contributed by atoms with van der Waals surface area (Å²) in [5.41, 5.74) is 7.38. The number of likely N-dealkylation sites (N-methyl/N-ethyl adjacent to an activating group) is 2. The van der Waals surface area contributed by atoms with Crippen LogP contribution < -0.4 is 10.3 Å². The van der Waals surface area contributed by atoms with Gasteiger partial charge in [0.25, 0.3) is 0 Å². The van der Waals surface area contributed by atoms with Gasteiger partial charge in [0.2, 0.25) is 0 Å². The van der Waals surface area contributed by atoms with Gasteiger partial charge in [-0.15, -0.1) is 0 Å². The molecule has 0 amide bonds. The fourth-order valence-corrected chi connectivity index (χ4v) is 3.37. The van der Waals surface area contributed by atoms with E-state index in [4.69, 9.17) is 11.6 Å². The van der Waals surface area contributed by atoms with Crippen molar-refractivity contribution in [1.29, 1.82) is 0 Å². The number of hydrogen-bond donors (Lipinski definition) is 1. The van der Waals surface area contributed by atoms with Gasteiger partial charge >= 0.3 is 0 Å². The van der Waals surface area contributed by atoms with Crippen LogP contribution in [0.3, 0.4) is 0 Å². The van der Waals surface area contributed by atoms with Gasteiger partial charge in [0, 0.05) is 49.3 Å². The Bertz CT molecular complexity index is 706. The Kier molecular flexibility index (Phi) is 7.79. The Balaban J connectivity index is 2.16. The van der Waals surface area contributed by atoms with Gasteiger partial charge in [-0.1, -0.05) is 35.9 Å². The lowest BCUT2D eigenvalue weighted by molar-refractivity contribution is 0.378. The number of nitrogens with zero attached hydrogens (tertiary/aromatic N) is 3. The van der Waals surface area contributed by atoms with E-state index in [9.17, 15) is 0 Å². The van der Waals surface area contributed by atoms with Crippen LogP contribution in [0.2, 0.25) is 5.02 Å². The molecule has 1 aromatic carbocycles. The number of hydrazone groups is 1. The van der Waals surface area contributed by atoms with E-state index in [-0.39, 0.29) is 0 Å². The molecule has 1 aliphatic rings. The maximum Gasteiger partial charge on any atom is 0.0626 e. The third-order valence-electron chi connectivity index (χ3n) is 4.63. The van der Waals surface area contributed by atoms with Crippen LogP contribution in [0.4, 0.5) is 11.4 Å². The Labute approximate surface area is 162 Å². The number of allylic oxidation sites excluding steroid dienone is 5. The molecule has 0 saturated heterocycles. The van der Waals surface area contributed by atoms with E-state index in [1.807, 2.05) is 12.1 Å². The number of benzene rings is 1. The average Bonchev–Trinajstić information content (AvgIpc) is 2.91. The molecule has 1 N–H and O–H groups in total. The predicted molar refractivity (Wildman–Crippen MR) is 115 cm³/mol. The number of hydrogen-bond acceptors (Lipinski definition) is 4. The Morgan fingerprint density at radius 1 is 1.15 bits per heavy atom. The molecule has 0 spiro atoms. The van der Waals surface area contributed by atoms with Gasteiger partial charge in [-0.05, 0) is 51.0 Å². The fourth-order valence-electron chi connectivity index (χ4n) is 3.16. The minimum absolute atomic E-state index is 0.697. The molecule has 140 valence electrons. The first-order valence-electron chi connectivity index (χ1n) is 9.15. The van der Waals surface area contributed by atoms with Crippen molar-refractivity contribution < 1.29 is 0 Å². The van der Waals surface area contributed by atoms with E-state index < -0.39 is 0 Å². The summed E-state index contributed by atoms with van der Waals surface area (Å²) in [4.78, 5) is 4.77. The van der Waals surface area contributed by atoms with E-state index in [1.54, 1.807) is 0 Å². The second kappa shape index (κ2) is 10.1. The summed E-state index contributed by atoms with van der Waals surface area (Å²) in [6.07, 6.45) is 11.8. The second-order valence-electron chi connectivity index (χ2n) is 6.18. The summed E-state index contributed by atoms with van der Waals surface area (Å²) in [6.45, 7) is 13.7. The molecule has 0 aromatic heterocycles.